The Morgan fingerprint density at radius 3 is 2.11 bits per heavy atom. The Labute approximate surface area is 114 Å². The van der Waals surface area contributed by atoms with Crippen LogP contribution in [0.5, 0.6) is 0 Å². The first kappa shape index (κ1) is 16.1. The number of alkyl halides is 3. The molecule has 0 radical (unpaired) electrons. The van der Waals surface area contributed by atoms with E-state index >= 15 is 0 Å². The van der Waals surface area contributed by atoms with Crippen molar-refractivity contribution in [3.63, 3.8) is 0 Å². The first-order valence-corrected chi connectivity index (χ1v) is 6.87. The van der Waals surface area contributed by atoms with E-state index in [4.69, 9.17) is 0 Å². The lowest BCUT2D eigenvalue weighted by atomic mass is 9.81. The van der Waals surface area contributed by atoms with E-state index in [1.165, 1.54) is 12.1 Å². The minimum atomic E-state index is -4.26. The van der Waals surface area contributed by atoms with Crippen molar-refractivity contribution >= 4 is 0 Å². The van der Waals surface area contributed by atoms with E-state index in [1.54, 1.807) is 6.07 Å². The zero-order chi connectivity index (χ0) is 14.7. The van der Waals surface area contributed by atoms with Crippen LogP contribution in [-0.4, -0.2) is 0 Å². The molecule has 108 valence electrons. The fourth-order valence-electron chi connectivity index (χ4n) is 2.23. The van der Waals surface area contributed by atoms with Crippen molar-refractivity contribution in [2.24, 2.45) is 0 Å². The van der Waals surface area contributed by atoms with Crippen molar-refractivity contribution < 1.29 is 13.2 Å². The van der Waals surface area contributed by atoms with Crippen LogP contribution in [0.2, 0.25) is 0 Å². The molecule has 0 aliphatic carbocycles. The number of benzene rings is 1. The summed E-state index contributed by atoms with van der Waals surface area (Å²) < 4.78 is 38.4. The third-order valence-electron chi connectivity index (χ3n) is 3.29. The van der Waals surface area contributed by atoms with E-state index in [9.17, 15) is 13.2 Å². The topological polar surface area (TPSA) is 0 Å². The zero-order valence-corrected chi connectivity index (χ0v) is 12.2. The van der Waals surface area contributed by atoms with E-state index in [-0.39, 0.29) is 5.41 Å². The third-order valence-corrected chi connectivity index (χ3v) is 3.29. The average molecular weight is 272 g/mol. The monoisotopic (exact) mass is 272 g/mol. The van der Waals surface area contributed by atoms with Crippen LogP contribution in [0.3, 0.4) is 0 Å². The van der Waals surface area contributed by atoms with Crippen molar-refractivity contribution in [2.45, 2.75) is 65.0 Å². The second kappa shape index (κ2) is 5.98. The molecule has 0 atom stereocenters. The molecule has 0 spiro atoms. The minimum Gasteiger partial charge on any atom is -0.166 e. The molecule has 0 N–H and O–H groups in total. The van der Waals surface area contributed by atoms with E-state index in [0.29, 0.717) is 0 Å². The van der Waals surface area contributed by atoms with Crippen molar-refractivity contribution in [1.29, 1.82) is 0 Å². The fraction of sp³-hybridized carbons (Fsp3) is 0.625. The molecule has 0 saturated carbocycles. The molecule has 1 rings (SSSR count). The van der Waals surface area contributed by atoms with Gasteiger partial charge in [0, 0.05) is 0 Å². The van der Waals surface area contributed by atoms with Gasteiger partial charge < -0.3 is 0 Å². The standard InChI is InChI=1S/C16H23F3/c1-5-6-7-8-12-9-10-13(16(17,18)19)11-14(12)15(2,3)4/h9-11H,5-8H2,1-4H3. The second-order valence-corrected chi connectivity index (χ2v) is 6.08. The highest BCUT2D eigenvalue weighted by atomic mass is 19.4. The maximum absolute atomic E-state index is 12.8. The lowest BCUT2D eigenvalue weighted by molar-refractivity contribution is -0.137. The first-order valence-electron chi connectivity index (χ1n) is 6.87. The van der Waals surface area contributed by atoms with Crippen LogP contribution in [0.15, 0.2) is 18.2 Å². The summed E-state index contributed by atoms with van der Waals surface area (Å²) in [5.74, 6) is 0. The van der Waals surface area contributed by atoms with E-state index in [2.05, 4.69) is 6.92 Å². The van der Waals surface area contributed by atoms with Crippen LogP contribution in [0, 0.1) is 0 Å². The molecule has 0 nitrogen and oxygen atoms in total. The molecule has 0 aliphatic rings. The number of unbranched alkanes of at least 4 members (excludes halogenated alkanes) is 2. The Bertz CT molecular complexity index is 411. The van der Waals surface area contributed by atoms with Gasteiger partial charge in [0.25, 0.3) is 0 Å². The van der Waals surface area contributed by atoms with Crippen LogP contribution >= 0.6 is 0 Å². The molecule has 0 aliphatic heterocycles. The fourth-order valence-corrected chi connectivity index (χ4v) is 2.23. The maximum Gasteiger partial charge on any atom is 0.416 e. The van der Waals surface area contributed by atoms with Crippen LogP contribution in [0.1, 0.15) is 63.6 Å². The molecule has 0 fully saturated rings. The number of halogens is 3. The van der Waals surface area contributed by atoms with Gasteiger partial charge in [-0.05, 0) is 41.5 Å². The molecule has 1 aromatic rings. The van der Waals surface area contributed by atoms with Crippen molar-refractivity contribution in [3.05, 3.63) is 34.9 Å². The molecule has 0 unspecified atom stereocenters. The summed E-state index contributed by atoms with van der Waals surface area (Å²) in [6.45, 7) is 8.01. The van der Waals surface area contributed by atoms with Gasteiger partial charge in [0.2, 0.25) is 0 Å². The summed E-state index contributed by atoms with van der Waals surface area (Å²) in [5, 5.41) is 0. The zero-order valence-electron chi connectivity index (χ0n) is 12.2. The molecular formula is C16H23F3. The Morgan fingerprint density at radius 2 is 1.63 bits per heavy atom. The number of aryl methyl sites for hydroxylation is 1. The lowest BCUT2D eigenvalue weighted by Gasteiger charge is -2.24. The normalized spacial score (nSPS) is 12.8. The van der Waals surface area contributed by atoms with Crippen LogP contribution < -0.4 is 0 Å². The van der Waals surface area contributed by atoms with Crippen LogP contribution in [0.4, 0.5) is 13.2 Å². The summed E-state index contributed by atoms with van der Waals surface area (Å²) in [4.78, 5) is 0. The first-order chi connectivity index (χ1) is 8.66. The smallest absolute Gasteiger partial charge is 0.166 e. The van der Waals surface area contributed by atoms with Crippen molar-refractivity contribution in [3.8, 4) is 0 Å². The molecule has 0 saturated heterocycles. The Kier molecular flexibility index (Phi) is 5.05. The molecule has 1 aromatic carbocycles. The highest BCUT2D eigenvalue weighted by molar-refractivity contribution is 5.38. The maximum atomic E-state index is 12.8. The predicted molar refractivity (Wildman–Crippen MR) is 73.4 cm³/mol. The van der Waals surface area contributed by atoms with Crippen LogP contribution in [0.25, 0.3) is 0 Å². The van der Waals surface area contributed by atoms with Gasteiger partial charge in [-0.1, -0.05) is 46.6 Å². The number of hydrogen-bond donors (Lipinski definition) is 0. The van der Waals surface area contributed by atoms with Gasteiger partial charge in [-0.2, -0.15) is 13.2 Å². The second-order valence-electron chi connectivity index (χ2n) is 6.08. The van der Waals surface area contributed by atoms with Gasteiger partial charge in [-0.15, -0.1) is 0 Å². The third kappa shape index (κ3) is 4.55. The predicted octanol–water partition coefficient (Wildman–Crippen LogP) is 5.74. The molecule has 19 heavy (non-hydrogen) atoms. The summed E-state index contributed by atoms with van der Waals surface area (Å²) in [6.07, 6.45) is -0.137. The van der Waals surface area contributed by atoms with Crippen LogP contribution in [-0.2, 0) is 18.0 Å². The average Bonchev–Trinajstić information content (AvgIpc) is 2.27. The van der Waals surface area contributed by atoms with Crippen molar-refractivity contribution in [1.82, 2.24) is 0 Å². The molecule has 0 bridgehead atoms. The van der Waals surface area contributed by atoms with E-state index < -0.39 is 11.7 Å². The molecule has 0 heterocycles. The lowest BCUT2D eigenvalue weighted by Crippen LogP contribution is -2.17. The van der Waals surface area contributed by atoms with E-state index in [1.807, 2.05) is 20.8 Å². The van der Waals surface area contributed by atoms with Gasteiger partial charge in [0.1, 0.15) is 0 Å². The summed E-state index contributed by atoms with van der Waals surface area (Å²) in [5.41, 5.74) is 1.06. The van der Waals surface area contributed by atoms with Gasteiger partial charge in [0.15, 0.2) is 0 Å². The molecular weight excluding hydrogens is 249 g/mol. The highest BCUT2D eigenvalue weighted by Crippen LogP contribution is 2.35. The quantitative estimate of drug-likeness (QED) is 0.613. The largest absolute Gasteiger partial charge is 0.416 e. The van der Waals surface area contributed by atoms with E-state index in [0.717, 1.165) is 36.8 Å². The van der Waals surface area contributed by atoms with Gasteiger partial charge in [-0.25, -0.2) is 0 Å². The summed E-state index contributed by atoms with van der Waals surface area (Å²) in [6, 6.07) is 4.18. The molecule has 0 amide bonds. The summed E-state index contributed by atoms with van der Waals surface area (Å²) in [7, 11) is 0. The Morgan fingerprint density at radius 1 is 1.00 bits per heavy atom. The SMILES string of the molecule is CCCCCc1ccc(C(F)(F)F)cc1C(C)(C)C. The minimum absolute atomic E-state index is 0.261. The number of hydrogen-bond acceptors (Lipinski definition) is 0. The van der Waals surface area contributed by atoms with Gasteiger partial charge in [-0.3, -0.25) is 0 Å². The van der Waals surface area contributed by atoms with Crippen molar-refractivity contribution in [2.75, 3.05) is 0 Å². The Balaban J connectivity index is 3.11. The summed E-state index contributed by atoms with van der Waals surface area (Å²) >= 11 is 0. The number of rotatable bonds is 4. The highest BCUT2D eigenvalue weighted by Gasteiger charge is 2.32. The molecule has 3 heteroatoms. The van der Waals surface area contributed by atoms with Gasteiger partial charge in [0.05, 0.1) is 5.56 Å². The van der Waals surface area contributed by atoms with Gasteiger partial charge >= 0.3 is 6.18 Å². The molecule has 0 aromatic heterocycles. The Hall–Kier alpha value is -0.990.